The maximum atomic E-state index is 11.9. The molecule has 1 amide bonds. The molecule has 2 rings (SSSR count). The highest BCUT2D eigenvalue weighted by Gasteiger charge is 2.12. The Bertz CT molecular complexity index is 493. The summed E-state index contributed by atoms with van der Waals surface area (Å²) >= 11 is 0. The third-order valence-electron chi connectivity index (χ3n) is 3.18. The van der Waals surface area contributed by atoms with Gasteiger partial charge in [-0.25, -0.2) is 0 Å². The number of hydrogen-bond donors (Lipinski definition) is 2. The van der Waals surface area contributed by atoms with Crippen molar-refractivity contribution in [2.45, 2.75) is 6.42 Å². The minimum atomic E-state index is -0.218. The molecule has 0 radical (unpaired) electrons. The molecule has 0 fully saturated rings. The van der Waals surface area contributed by atoms with Gasteiger partial charge in [-0.2, -0.15) is 0 Å². The predicted molar refractivity (Wildman–Crippen MR) is 75.4 cm³/mol. The Hall–Kier alpha value is -1.85. The zero-order valence-electron chi connectivity index (χ0n) is 11.3. The lowest BCUT2D eigenvalue weighted by Gasteiger charge is -2.18. The predicted octanol–water partition coefficient (Wildman–Crippen LogP) is 0.448. The lowest BCUT2D eigenvalue weighted by atomic mass is 10.1. The van der Waals surface area contributed by atoms with Crippen molar-refractivity contribution in [3.63, 3.8) is 0 Å². The van der Waals surface area contributed by atoms with Gasteiger partial charge in [0.25, 0.3) is 0 Å². The van der Waals surface area contributed by atoms with Gasteiger partial charge in [-0.15, -0.1) is 0 Å². The first kappa shape index (κ1) is 14.6. The Morgan fingerprint density at radius 1 is 1.30 bits per heavy atom. The van der Waals surface area contributed by atoms with Gasteiger partial charge in [-0.05, 0) is 29.3 Å². The molecular weight excluding hydrogens is 258 g/mol. The van der Waals surface area contributed by atoms with E-state index in [1.165, 1.54) is 11.0 Å². The van der Waals surface area contributed by atoms with Crippen molar-refractivity contribution in [3.8, 4) is 5.75 Å². The monoisotopic (exact) mass is 277 g/mol. The molecule has 0 unspecified atom stereocenters. The van der Waals surface area contributed by atoms with Crippen molar-refractivity contribution < 1.29 is 19.7 Å². The number of aliphatic hydroxyl groups excluding tert-OH is 2. The van der Waals surface area contributed by atoms with E-state index >= 15 is 0 Å². The molecule has 0 saturated carbocycles. The molecule has 1 aromatic rings. The molecule has 5 nitrogen and oxygen atoms in total. The number of rotatable bonds is 6. The van der Waals surface area contributed by atoms with Crippen LogP contribution in [0.5, 0.6) is 5.75 Å². The Kier molecular flexibility index (Phi) is 5.15. The quantitative estimate of drug-likeness (QED) is 0.741. The number of benzene rings is 1. The molecule has 0 aliphatic carbocycles. The highest BCUT2D eigenvalue weighted by Crippen LogP contribution is 2.26. The second-order valence-electron chi connectivity index (χ2n) is 4.57. The largest absolute Gasteiger partial charge is 0.493 e. The van der Waals surface area contributed by atoms with E-state index in [4.69, 9.17) is 14.9 Å². The van der Waals surface area contributed by atoms with Crippen LogP contribution in [0.15, 0.2) is 24.3 Å². The van der Waals surface area contributed by atoms with Crippen LogP contribution in [0, 0.1) is 0 Å². The summed E-state index contributed by atoms with van der Waals surface area (Å²) in [5, 5.41) is 17.8. The first-order chi connectivity index (χ1) is 9.74. The van der Waals surface area contributed by atoms with Crippen LogP contribution in [0.1, 0.15) is 11.1 Å². The maximum absolute atomic E-state index is 11.9. The summed E-state index contributed by atoms with van der Waals surface area (Å²) in [6, 6.07) is 5.82. The fourth-order valence-electron chi connectivity index (χ4n) is 2.16. The summed E-state index contributed by atoms with van der Waals surface area (Å²) in [6.45, 7) is 0.928. The van der Waals surface area contributed by atoms with E-state index in [1.54, 1.807) is 6.08 Å². The molecule has 0 aromatic heterocycles. The van der Waals surface area contributed by atoms with Crippen LogP contribution in [-0.4, -0.2) is 53.9 Å². The average molecular weight is 277 g/mol. The number of hydrogen-bond acceptors (Lipinski definition) is 4. The molecule has 108 valence electrons. The van der Waals surface area contributed by atoms with E-state index < -0.39 is 0 Å². The maximum Gasteiger partial charge on any atom is 0.246 e. The Labute approximate surface area is 118 Å². The van der Waals surface area contributed by atoms with Crippen LogP contribution < -0.4 is 4.74 Å². The van der Waals surface area contributed by atoms with Crippen molar-refractivity contribution in [1.29, 1.82) is 0 Å². The summed E-state index contributed by atoms with van der Waals surface area (Å²) in [7, 11) is 0. The lowest BCUT2D eigenvalue weighted by Crippen LogP contribution is -2.34. The minimum Gasteiger partial charge on any atom is -0.493 e. The average Bonchev–Trinajstić information content (AvgIpc) is 2.92. The number of aliphatic hydroxyl groups is 2. The van der Waals surface area contributed by atoms with Crippen LogP contribution in [0.2, 0.25) is 0 Å². The van der Waals surface area contributed by atoms with E-state index in [1.807, 2.05) is 18.2 Å². The van der Waals surface area contributed by atoms with Gasteiger partial charge in [0.15, 0.2) is 0 Å². The van der Waals surface area contributed by atoms with Crippen LogP contribution in [0.3, 0.4) is 0 Å². The number of carbonyl (C=O) groups excluding carboxylic acids is 1. The van der Waals surface area contributed by atoms with Gasteiger partial charge in [-0.1, -0.05) is 6.07 Å². The Morgan fingerprint density at radius 3 is 2.75 bits per heavy atom. The number of amides is 1. The van der Waals surface area contributed by atoms with Crippen LogP contribution in [0.4, 0.5) is 0 Å². The highest BCUT2D eigenvalue weighted by molar-refractivity contribution is 5.91. The molecule has 1 heterocycles. The van der Waals surface area contributed by atoms with Crippen molar-refractivity contribution in [2.75, 3.05) is 32.9 Å². The van der Waals surface area contributed by atoms with Gasteiger partial charge in [0.2, 0.25) is 5.91 Å². The normalized spacial score (nSPS) is 13.3. The molecule has 0 saturated heterocycles. The number of ether oxygens (including phenoxy) is 1. The molecule has 2 N–H and O–H groups in total. The van der Waals surface area contributed by atoms with Crippen molar-refractivity contribution >= 4 is 12.0 Å². The van der Waals surface area contributed by atoms with Crippen molar-refractivity contribution in [3.05, 3.63) is 35.4 Å². The molecule has 0 spiro atoms. The van der Waals surface area contributed by atoms with E-state index in [0.717, 1.165) is 23.3 Å². The van der Waals surface area contributed by atoms with Crippen LogP contribution in [0.25, 0.3) is 6.08 Å². The van der Waals surface area contributed by atoms with Crippen LogP contribution in [-0.2, 0) is 11.2 Å². The van der Waals surface area contributed by atoms with Crippen molar-refractivity contribution in [1.82, 2.24) is 4.90 Å². The third-order valence-corrected chi connectivity index (χ3v) is 3.18. The van der Waals surface area contributed by atoms with E-state index in [-0.39, 0.29) is 32.2 Å². The SMILES string of the molecule is O=C(C=Cc1ccc2c(c1)CCO2)N(CCO)CCO. The fourth-order valence-corrected chi connectivity index (χ4v) is 2.16. The zero-order chi connectivity index (χ0) is 14.4. The Morgan fingerprint density at radius 2 is 2.05 bits per heavy atom. The number of carbonyl (C=O) groups is 1. The Balaban J connectivity index is 2.02. The van der Waals surface area contributed by atoms with Gasteiger partial charge in [0.1, 0.15) is 5.75 Å². The third kappa shape index (κ3) is 3.59. The summed E-state index contributed by atoms with van der Waals surface area (Å²) in [6.07, 6.45) is 4.09. The smallest absolute Gasteiger partial charge is 0.246 e. The molecule has 20 heavy (non-hydrogen) atoms. The van der Waals surface area contributed by atoms with E-state index in [2.05, 4.69) is 0 Å². The number of nitrogens with zero attached hydrogens (tertiary/aromatic N) is 1. The highest BCUT2D eigenvalue weighted by atomic mass is 16.5. The van der Waals surface area contributed by atoms with Crippen molar-refractivity contribution in [2.24, 2.45) is 0 Å². The van der Waals surface area contributed by atoms with Gasteiger partial charge in [-0.3, -0.25) is 4.79 Å². The molecule has 5 heteroatoms. The van der Waals surface area contributed by atoms with Gasteiger partial charge >= 0.3 is 0 Å². The lowest BCUT2D eigenvalue weighted by molar-refractivity contribution is -0.126. The standard InChI is InChI=1S/C15H19NO4/c17-8-6-16(7-9-18)15(19)4-2-12-1-3-14-13(11-12)5-10-20-14/h1-4,11,17-18H,5-10H2. The van der Waals surface area contributed by atoms with E-state index in [0.29, 0.717) is 6.61 Å². The summed E-state index contributed by atoms with van der Waals surface area (Å²) in [5.74, 6) is 0.695. The fraction of sp³-hybridized carbons (Fsp3) is 0.400. The molecule has 0 bridgehead atoms. The summed E-state index contributed by atoms with van der Waals surface area (Å²) in [4.78, 5) is 13.3. The molecule has 1 aliphatic rings. The number of fused-ring (bicyclic) bond motifs is 1. The molecule has 1 aromatic carbocycles. The zero-order valence-corrected chi connectivity index (χ0v) is 11.3. The summed E-state index contributed by atoms with van der Waals surface area (Å²) < 4.78 is 5.43. The molecule has 1 aliphatic heterocycles. The molecule has 0 atom stereocenters. The van der Waals surface area contributed by atoms with Gasteiger partial charge < -0.3 is 19.8 Å². The van der Waals surface area contributed by atoms with Crippen LogP contribution >= 0.6 is 0 Å². The van der Waals surface area contributed by atoms with Gasteiger partial charge in [0, 0.05) is 25.6 Å². The molecular formula is C15H19NO4. The first-order valence-corrected chi connectivity index (χ1v) is 6.69. The second-order valence-corrected chi connectivity index (χ2v) is 4.57. The van der Waals surface area contributed by atoms with E-state index in [9.17, 15) is 4.79 Å². The minimum absolute atomic E-state index is 0.115. The summed E-state index contributed by atoms with van der Waals surface area (Å²) in [5.41, 5.74) is 2.10. The first-order valence-electron chi connectivity index (χ1n) is 6.69. The van der Waals surface area contributed by atoms with Gasteiger partial charge in [0.05, 0.1) is 19.8 Å². The second kappa shape index (κ2) is 7.07. The topological polar surface area (TPSA) is 70.0 Å².